The van der Waals surface area contributed by atoms with E-state index in [0.29, 0.717) is 32.3 Å². The van der Waals surface area contributed by atoms with Gasteiger partial charge < -0.3 is 19.6 Å². The van der Waals surface area contributed by atoms with Crippen LogP contribution in [0.1, 0.15) is 32.1 Å². The first-order valence-corrected chi connectivity index (χ1v) is 9.87. The molecule has 27 heavy (non-hydrogen) atoms. The average Bonchev–Trinajstić information content (AvgIpc) is 2.96. The summed E-state index contributed by atoms with van der Waals surface area (Å²) in [5, 5.41) is 9.13. The maximum Gasteiger partial charge on any atom is 0.407 e. The van der Waals surface area contributed by atoms with Crippen LogP contribution in [0.2, 0.25) is 0 Å². The van der Waals surface area contributed by atoms with Gasteiger partial charge in [0, 0.05) is 25.2 Å². The highest BCUT2D eigenvalue weighted by molar-refractivity contribution is 5.65. The first kappa shape index (κ1) is 19.3. The van der Waals surface area contributed by atoms with Crippen LogP contribution in [0.3, 0.4) is 0 Å². The Hall–Kier alpha value is -1.06. The summed E-state index contributed by atoms with van der Waals surface area (Å²) in [5.74, 6) is 0. The van der Waals surface area contributed by atoms with E-state index in [9.17, 15) is 18.0 Å². The van der Waals surface area contributed by atoms with Gasteiger partial charge in [0.05, 0.1) is 25.8 Å². The Kier molecular flexibility index (Phi) is 5.05. The van der Waals surface area contributed by atoms with Gasteiger partial charge in [-0.15, -0.1) is 0 Å². The fraction of sp³-hybridized carbons (Fsp3) is 0.944. The average molecular weight is 391 g/mol. The second-order valence-corrected chi connectivity index (χ2v) is 8.76. The summed E-state index contributed by atoms with van der Waals surface area (Å²) in [6.45, 7) is 2.88. The number of likely N-dealkylation sites (tertiary alicyclic amines) is 2. The lowest BCUT2D eigenvalue weighted by atomic mass is 9.64. The van der Waals surface area contributed by atoms with Crippen molar-refractivity contribution in [2.45, 2.75) is 56.4 Å². The number of halogens is 3. The molecule has 154 valence electrons. The number of amides is 1. The predicted octanol–water partition coefficient (Wildman–Crippen LogP) is 2.25. The predicted molar refractivity (Wildman–Crippen MR) is 91.6 cm³/mol. The van der Waals surface area contributed by atoms with Crippen molar-refractivity contribution < 1.29 is 27.8 Å². The molecule has 0 bridgehead atoms. The van der Waals surface area contributed by atoms with Gasteiger partial charge in [-0.2, -0.15) is 13.2 Å². The number of ether oxygens (including phenoxy) is 1. The zero-order chi connectivity index (χ0) is 19.2. The Morgan fingerprint density at radius 1 is 1.15 bits per heavy atom. The number of carbonyl (C=O) groups is 1. The van der Waals surface area contributed by atoms with E-state index in [-0.39, 0.29) is 17.5 Å². The Bertz CT molecular complexity index is 556. The normalized spacial score (nSPS) is 33.5. The number of hydrogen-bond acceptors (Lipinski definition) is 4. The first-order valence-electron chi connectivity index (χ1n) is 9.87. The summed E-state index contributed by atoms with van der Waals surface area (Å²) in [5.41, 5.74) is 0.144. The highest BCUT2D eigenvalue weighted by atomic mass is 19.4. The molecule has 4 fully saturated rings. The molecule has 3 aliphatic heterocycles. The minimum atomic E-state index is -4.18. The van der Waals surface area contributed by atoms with Crippen LogP contribution < -0.4 is 0 Å². The van der Waals surface area contributed by atoms with Crippen molar-refractivity contribution in [1.82, 2.24) is 14.7 Å². The first-order chi connectivity index (χ1) is 12.7. The molecule has 4 aliphatic rings. The van der Waals surface area contributed by atoms with Crippen LogP contribution in [-0.4, -0.2) is 96.1 Å². The van der Waals surface area contributed by atoms with E-state index in [1.807, 2.05) is 0 Å². The van der Waals surface area contributed by atoms with Crippen LogP contribution in [0.15, 0.2) is 0 Å². The molecular formula is C18H28F3N3O3. The second-order valence-electron chi connectivity index (χ2n) is 8.76. The SMILES string of the molecule is O=C(O)N1CCC2(CC(N3CCC(N(CC(F)(F)F)C4COC4)CC3)C2)C1. The minimum Gasteiger partial charge on any atom is -0.465 e. The maximum absolute atomic E-state index is 13.0. The molecule has 0 aromatic heterocycles. The summed E-state index contributed by atoms with van der Waals surface area (Å²) in [6, 6.07) is 0.332. The lowest BCUT2D eigenvalue weighted by Crippen LogP contribution is -2.60. The Balaban J connectivity index is 1.26. The van der Waals surface area contributed by atoms with Crippen LogP contribution in [0, 0.1) is 5.41 Å². The van der Waals surface area contributed by atoms with Gasteiger partial charge in [-0.25, -0.2) is 4.79 Å². The van der Waals surface area contributed by atoms with Crippen molar-refractivity contribution in [3.05, 3.63) is 0 Å². The fourth-order valence-corrected chi connectivity index (χ4v) is 5.39. The maximum atomic E-state index is 13.0. The van der Waals surface area contributed by atoms with Crippen LogP contribution >= 0.6 is 0 Å². The van der Waals surface area contributed by atoms with Gasteiger partial charge >= 0.3 is 12.3 Å². The summed E-state index contributed by atoms with van der Waals surface area (Å²) in [6.07, 6.45) is -0.511. The molecule has 0 unspecified atom stereocenters. The third-order valence-electron chi connectivity index (χ3n) is 6.98. The summed E-state index contributed by atoms with van der Waals surface area (Å²) in [7, 11) is 0. The van der Waals surface area contributed by atoms with Crippen molar-refractivity contribution in [1.29, 1.82) is 0 Å². The molecule has 0 radical (unpaired) electrons. The standard InChI is InChI=1S/C18H28F3N3O3/c19-18(20,21)12-24(15-9-27-10-15)13-1-4-22(5-2-13)14-7-17(8-14)3-6-23(11-17)16(25)26/h13-15H,1-12H2,(H,25,26). The molecule has 1 amide bonds. The van der Waals surface area contributed by atoms with Crippen molar-refractivity contribution in [3.8, 4) is 0 Å². The lowest BCUT2D eigenvalue weighted by molar-refractivity contribution is -0.181. The van der Waals surface area contributed by atoms with Crippen molar-refractivity contribution >= 4 is 6.09 Å². The summed E-state index contributed by atoms with van der Waals surface area (Å²) >= 11 is 0. The number of rotatable bonds is 4. The molecule has 0 aromatic carbocycles. The van der Waals surface area contributed by atoms with Crippen LogP contribution in [-0.2, 0) is 4.74 Å². The van der Waals surface area contributed by atoms with Gasteiger partial charge in [-0.1, -0.05) is 0 Å². The van der Waals surface area contributed by atoms with E-state index in [1.165, 1.54) is 4.90 Å². The Labute approximate surface area is 157 Å². The molecule has 4 rings (SSSR count). The van der Waals surface area contributed by atoms with Gasteiger partial charge in [0.25, 0.3) is 0 Å². The van der Waals surface area contributed by atoms with E-state index in [2.05, 4.69) is 4.90 Å². The third-order valence-corrected chi connectivity index (χ3v) is 6.98. The zero-order valence-corrected chi connectivity index (χ0v) is 15.5. The van der Waals surface area contributed by atoms with E-state index >= 15 is 0 Å². The fourth-order valence-electron chi connectivity index (χ4n) is 5.39. The lowest BCUT2D eigenvalue weighted by Gasteiger charge is -2.53. The zero-order valence-electron chi connectivity index (χ0n) is 15.5. The van der Waals surface area contributed by atoms with E-state index in [1.54, 1.807) is 4.90 Å². The quantitative estimate of drug-likeness (QED) is 0.797. The number of piperidine rings is 1. The van der Waals surface area contributed by atoms with Crippen molar-refractivity contribution in [2.24, 2.45) is 5.41 Å². The second kappa shape index (κ2) is 7.08. The number of hydrogen-bond donors (Lipinski definition) is 1. The molecule has 3 heterocycles. The van der Waals surface area contributed by atoms with Gasteiger partial charge in [0.1, 0.15) is 0 Å². The van der Waals surface area contributed by atoms with Gasteiger partial charge in [-0.3, -0.25) is 4.90 Å². The van der Waals surface area contributed by atoms with Crippen LogP contribution in [0.25, 0.3) is 0 Å². The Morgan fingerprint density at radius 2 is 1.81 bits per heavy atom. The molecule has 6 nitrogen and oxygen atoms in total. The molecule has 0 aromatic rings. The molecule has 0 atom stereocenters. The van der Waals surface area contributed by atoms with E-state index in [4.69, 9.17) is 9.84 Å². The third kappa shape index (κ3) is 4.05. The van der Waals surface area contributed by atoms with E-state index in [0.717, 1.165) is 45.2 Å². The number of nitrogens with zero attached hydrogens (tertiary/aromatic N) is 3. The van der Waals surface area contributed by atoms with Crippen molar-refractivity contribution in [2.75, 3.05) is 45.9 Å². The monoisotopic (exact) mass is 391 g/mol. The highest BCUT2D eigenvalue weighted by Crippen LogP contribution is 2.50. The summed E-state index contributed by atoms with van der Waals surface area (Å²) < 4.78 is 44.0. The topological polar surface area (TPSA) is 56.2 Å². The Morgan fingerprint density at radius 3 is 2.30 bits per heavy atom. The summed E-state index contributed by atoms with van der Waals surface area (Å²) in [4.78, 5) is 16.7. The van der Waals surface area contributed by atoms with Crippen LogP contribution in [0.4, 0.5) is 18.0 Å². The van der Waals surface area contributed by atoms with Crippen LogP contribution in [0.5, 0.6) is 0 Å². The molecular weight excluding hydrogens is 363 g/mol. The molecule has 1 N–H and O–H groups in total. The number of carboxylic acid groups (broad SMARTS) is 1. The molecule has 9 heteroatoms. The molecule has 1 spiro atoms. The number of alkyl halides is 3. The molecule has 1 saturated carbocycles. The largest absolute Gasteiger partial charge is 0.465 e. The highest BCUT2D eigenvalue weighted by Gasteiger charge is 2.51. The van der Waals surface area contributed by atoms with Gasteiger partial charge in [0.2, 0.25) is 0 Å². The van der Waals surface area contributed by atoms with Crippen molar-refractivity contribution in [3.63, 3.8) is 0 Å². The molecule has 1 aliphatic carbocycles. The van der Waals surface area contributed by atoms with Gasteiger partial charge in [0.15, 0.2) is 0 Å². The molecule has 3 saturated heterocycles. The smallest absolute Gasteiger partial charge is 0.407 e. The minimum absolute atomic E-state index is 0.0280. The van der Waals surface area contributed by atoms with Gasteiger partial charge in [-0.05, 0) is 50.6 Å². The van der Waals surface area contributed by atoms with E-state index < -0.39 is 18.8 Å².